The highest BCUT2D eigenvalue weighted by Gasteiger charge is 2.41. The maximum Gasteiger partial charge on any atom is 0.227 e. The number of carbonyl (C=O) groups is 1. The van der Waals surface area contributed by atoms with E-state index in [9.17, 15) is 4.79 Å². The average Bonchev–Trinajstić information content (AvgIpc) is 3.01. The highest BCUT2D eigenvalue weighted by atomic mass is 16.7. The topological polar surface area (TPSA) is 76.2 Å². The first-order valence-electron chi connectivity index (χ1n) is 6.77. The molecular weight excluding hydrogens is 246 g/mol. The molecule has 1 aromatic heterocycles. The van der Waals surface area contributed by atoms with Crippen molar-refractivity contribution in [3.63, 3.8) is 0 Å². The van der Waals surface area contributed by atoms with E-state index in [0.29, 0.717) is 13.2 Å². The second-order valence-electron chi connectivity index (χ2n) is 5.28. The van der Waals surface area contributed by atoms with Gasteiger partial charge in [-0.1, -0.05) is 0 Å². The standard InChI is InChI=1S/C13H19N3O3/c1-9-11(8-14-16-9)15-12(17)10-2-4-13(5-3-10)18-6-7-19-13/h8,10H,2-7H2,1H3,(H,14,16)(H,15,17). The van der Waals surface area contributed by atoms with Gasteiger partial charge in [-0.25, -0.2) is 0 Å². The number of carbonyl (C=O) groups excluding carboxylic acids is 1. The van der Waals surface area contributed by atoms with Crippen LogP contribution in [0.15, 0.2) is 6.20 Å². The van der Waals surface area contributed by atoms with Crippen LogP contribution >= 0.6 is 0 Å². The Morgan fingerprint density at radius 1 is 1.42 bits per heavy atom. The molecule has 1 aromatic rings. The normalized spacial score (nSPS) is 22.8. The summed E-state index contributed by atoms with van der Waals surface area (Å²) in [6, 6.07) is 0. The molecule has 0 aromatic carbocycles. The van der Waals surface area contributed by atoms with Gasteiger partial charge in [0.15, 0.2) is 5.79 Å². The fourth-order valence-corrected chi connectivity index (χ4v) is 2.82. The van der Waals surface area contributed by atoms with Crippen molar-refractivity contribution in [3.8, 4) is 0 Å². The van der Waals surface area contributed by atoms with Crippen LogP contribution in [0.1, 0.15) is 31.4 Å². The molecule has 1 aliphatic heterocycles. The molecule has 0 radical (unpaired) electrons. The summed E-state index contributed by atoms with van der Waals surface area (Å²) in [5.41, 5.74) is 1.64. The Bertz CT molecular complexity index is 455. The van der Waals surface area contributed by atoms with Crippen molar-refractivity contribution in [1.82, 2.24) is 10.2 Å². The van der Waals surface area contributed by atoms with E-state index >= 15 is 0 Å². The van der Waals surface area contributed by atoms with Crippen molar-refractivity contribution in [3.05, 3.63) is 11.9 Å². The van der Waals surface area contributed by atoms with E-state index in [2.05, 4.69) is 15.5 Å². The van der Waals surface area contributed by atoms with E-state index in [1.807, 2.05) is 6.92 Å². The van der Waals surface area contributed by atoms with Crippen LogP contribution in [-0.2, 0) is 14.3 Å². The molecule has 2 fully saturated rings. The minimum Gasteiger partial charge on any atom is -0.348 e. The third kappa shape index (κ3) is 2.50. The molecule has 2 aliphatic rings. The molecule has 2 heterocycles. The zero-order chi connectivity index (χ0) is 13.3. The fraction of sp³-hybridized carbons (Fsp3) is 0.692. The molecule has 1 spiro atoms. The molecule has 6 nitrogen and oxygen atoms in total. The van der Waals surface area contributed by atoms with Crippen LogP contribution < -0.4 is 5.32 Å². The predicted octanol–water partition coefficient (Wildman–Crippen LogP) is 1.59. The summed E-state index contributed by atoms with van der Waals surface area (Å²) in [6.45, 7) is 3.23. The summed E-state index contributed by atoms with van der Waals surface area (Å²) >= 11 is 0. The van der Waals surface area contributed by atoms with Gasteiger partial charge in [-0.3, -0.25) is 9.89 Å². The zero-order valence-electron chi connectivity index (χ0n) is 11.1. The molecule has 1 saturated heterocycles. The van der Waals surface area contributed by atoms with Crippen molar-refractivity contribution in [2.24, 2.45) is 5.92 Å². The van der Waals surface area contributed by atoms with Crippen molar-refractivity contribution >= 4 is 11.6 Å². The first kappa shape index (κ1) is 12.6. The summed E-state index contributed by atoms with van der Waals surface area (Å²) in [6.07, 6.45) is 4.86. The second kappa shape index (κ2) is 4.94. The minimum atomic E-state index is -0.400. The van der Waals surface area contributed by atoms with E-state index in [-0.39, 0.29) is 11.8 Å². The largest absolute Gasteiger partial charge is 0.348 e. The Labute approximate surface area is 111 Å². The quantitative estimate of drug-likeness (QED) is 0.851. The lowest BCUT2D eigenvalue weighted by Crippen LogP contribution is -2.38. The van der Waals surface area contributed by atoms with Gasteiger partial charge >= 0.3 is 0 Å². The zero-order valence-corrected chi connectivity index (χ0v) is 11.1. The third-order valence-corrected chi connectivity index (χ3v) is 4.02. The monoisotopic (exact) mass is 265 g/mol. The van der Waals surface area contributed by atoms with Gasteiger partial charge in [0, 0.05) is 18.8 Å². The number of anilines is 1. The molecular formula is C13H19N3O3. The number of amides is 1. The fourth-order valence-electron chi connectivity index (χ4n) is 2.82. The van der Waals surface area contributed by atoms with Crippen molar-refractivity contribution in [2.75, 3.05) is 18.5 Å². The maximum atomic E-state index is 12.2. The number of hydrogen-bond donors (Lipinski definition) is 2. The van der Waals surface area contributed by atoms with Crippen molar-refractivity contribution in [2.45, 2.75) is 38.4 Å². The highest BCUT2D eigenvalue weighted by molar-refractivity contribution is 5.92. The van der Waals surface area contributed by atoms with Crippen LogP contribution in [0, 0.1) is 12.8 Å². The molecule has 2 N–H and O–H groups in total. The Morgan fingerprint density at radius 2 is 2.11 bits per heavy atom. The SMILES string of the molecule is Cc1[nH]ncc1NC(=O)C1CCC2(CC1)OCCO2. The summed E-state index contributed by atoms with van der Waals surface area (Å²) in [5.74, 6) is -0.299. The van der Waals surface area contributed by atoms with Gasteiger partial charge in [-0.2, -0.15) is 5.10 Å². The summed E-state index contributed by atoms with van der Waals surface area (Å²) in [7, 11) is 0. The average molecular weight is 265 g/mol. The van der Waals surface area contributed by atoms with Gasteiger partial charge < -0.3 is 14.8 Å². The molecule has 0 unspecified atom stereocenters. The maximum absolute atomic E-state index is 12.2. The molecule has 6 heteroatoms. The smallest absolute Gasteiger partial charge is 0.227 e. The van der Waals surface area contributed by atoms with E-state index in [1.54, 1.807) is 6.20 Å². The number of nitrogens with one attached hydrogen (secondary N) is 2. The first-order valence-corrected chi connectivity index (χ1v) is 6.77. The van der Waals surface area contributed by atoms with E-state index in [4.69, 9.17) is 9.47 Å². The molecule has 0 atom stereocenters. The molecule has 0 bridgehead atoms. The number of hydrogen-bond acceptors (Lipinski definition) is 4. The van der Waals surface area contributed by atoms with Crippen LogP contribution in [-0.4, -0.2) is 35.1 Å². The number of aromatic amines is 1. The lowest BCUT2D eigenvalue weighted by Gasteiger charge is -2.34. The molecule has 1 aliphatic carbocycles. The number of rotatable bonds is 2. The lowest BCUT2D eigenvalue weighted by molar-refractivity contribution is -0.182. The van der Waals surface area contributed by atoms with E-state index in [1.165, 1.54) is 0 Å². The van der Waals surface area contributed by atoms with E-state index in [0.717, 1.165) is 37.1 Å². The first-order chi connectivity index (χ1) is 9.19. The van der Waals surface area contributed by atoms with Crippen LogP contribution in [0.4, 0.5) is 5.69 Å². The number of aryl methyl sites for hydroxylation is 1. The van der Waals surface area contributed by atoms with Crippen LogP contribution in [0.2, 0.25) is 0 Å². The molecule has 3 rings (SSSR count). The van der Waals surface area contributed by atoms with Gasteiger partial charge in [-0.05, 0) is 19.8 Å². The Balaban J connectivity index is 1.56. The van der Waals surface area contributed by atoms with Gasteiger partial charge in [0.25, 0.3) is 0 Å². The number of ether oxygens (including phenoxy) is 2. The third-order valence-electron chi connectivity index (χ3n) is 4.02. The lowest BCUT2D eigenvalue weighted by atomic mass is 9.84. The van der Waals surface area contributed by atoms with Gasteiger partial charge in [0.05, 0.1) is 30.8 Å². The van der Waals surface area contributed by atoms with Gasteiger partial charge in [0.2, 0.25) is 5.91 Å². The van der Waals surface area contributed by atoms with Gasteiger partial charge in [0.1, 0.15) is 0 Å². The summed E-state index contributed by atoms with van der Waals surface area (Å²) in [5, 5.41) is 9.63. The molecule has 1 saturated carbocycles. The molecule has 19 heavy (non-hydrogen) atoms. The van der Waals surface area contributed by atoms with Crippen molar-refractivity contribution in [1.29, 1.82) is 0 Å². The van der Waals surface area contributed by atoms with Crippen LogP contribution in [0.3, 0.4) is 0 Å². The van der Waals surface area contributed by atoms with E-state index < -0.39 is 5.79 Å². The molecule has 1 amide bonds. The van der Waals surface area contributed by atoms with Gasteiger partial charge in [-0.15, -0.1) is 0 Å². The summed E-state index contributed by atoms with van der Waals surface area (Å²) < 4.78 is 11.3. The van der Waals surface area contributed by atoms with Crippen LogP contribution in [0.25, 0.3) is 0 Å². The number of H-pyrrole nitrogens is 1. The van der Waals surface area contributed by atoms with Crippen molar-refractivity contribution < 1.29 is 14.3 Å². The second-order valence-corrected chi connectivity index (χ2v) is 5.28. The summed E-state index contributed by atoms with van der Waals surface area (Å²) in [4.78, 5) is 12.2. The minimum absolute atomic E-state index is 0.0349. The molecule has 104 valence electrons. The highest BCUT2D eigenvalue weighted by Crippen LogP contribution is 2.38. The predicted molar refractivity (Wildman–Crippen MR) is 68.5 cm³/mol. The Morgan fingerprint density at radius 3 is 2.68 bits per heavy atom. The van der Waals surface area contributed by atoms with Crippen LogP contribution in [0.5, 0.6) is 0 Å². The Hall–Kier alpha value is -1.40. The Kier molecular flexibility index (Phi) is 3.28. The number of aromatic nitrogens is 2. The number of nitrogens with zero attached hydrogens (tertiary/aromatic N) is 1.